The minimum absolute atomic E-state index is 0.648. The zero-order chi connectivity index (χ0) is 20.5. The molecule has 0 saturated carbocycles. The van der Waals surface area contributed by atoms with Crippen molar-refractivity contribution in [2.24, 2.45) is 0 Å². The third-order valence-corrected chi connectivity index (χ3v) is 7.96. The fraction of sp³-hybridized carbons (Fsp3) is 1.00. The van der Waals surface area contributed by atoms with E-state index in [1.807, 2.05) is 20.8 Å². The van der Waals surface area contributed by atoms with Crippen LogP contribution in [0.25, 0.3) is 0 Å². The van der Waals surface area contributed by atoms with Crippen molar-refractivity contribution < 1.29 is 13.3 Å². The van der Waals surface area contributed by atoms with Crippen molar-refractivity contribution in [1.82, 2.24) is 14.7 Å². The van der Waals surface area contributed by atoms with Gasteiger partial charge < -0.3 is 28.0 Å². The van der Waals surface area contributed by atoms with Gasteiger partial charge in [-0.2, -0.15) is 0 Å². The molecule has 0 unspecified atom stereocenters. The minimum atomic E-state index is -2.56. The van der Waals surface area contributed by atoms with Crippen molar-refractivity contribution in [3.63, 3.8) is 0 Å². The summed E-state index contributed by atoms with van der Waals surface area (Å²) < 4.78 is 18.1. The summed E-state index contributed by atoms with van der Waals surface area (Å²) in [5.74, 6) is 0. The van der Waals surface area contributed by atoms with Crippen LogP contribution in [0, 0.1) is 0 Å². The average Bonchev–Trinajstić information content (AvgIpc) is 2.65. The Hall–Kier alpha value is -0.0231. The maximum absolute atomic E-state index is 6.03. The van der Waals surface area contributed by atoms with Gasteiger partial charge in [0.2, 0.25) is 0 Å². The molecule has 0 atom stereocenters. The molecule has 27 heavy (non-hydrogen) atoms. The summed E-state index contributed by atoms with van der Waals surface area (Å²) in [7, 11) is 1.83. The van der Waals surface area contributed by atoms with Gasteiger partial charge in [-0.05, 0) is 87.0 Å². The van der Waals surface area contributed by atoms with Crippen molar-refractivity contribution in [2.45, 2.75) is 53.5 Å². The van der Waals surface area contributed by atoms with E-state index < -0.39 is 8.80 Å². The van der Waals surface area contributed by atoms with Gasteiger partial charge >= 0.3 is 8.80 Å². The fourth-order valence-corrected chi connectivity index (χ4v) is 5.67. The van der Waals surface area contributed by atoms with Crippen LogP contribution in [-0.4, -0.2) is 103 Å². The molecular formula is C20H47N3O3Si. The molecule has 0 N–H and O–H groups in total. The molecule has 164 valence electrons. The van der Waals surface area contributed by atoms with Gasteiger partial charge in [-0.1, -0.05) is 13.8 Å². The normalized spacial score (nSPS) is 12.7. The van der Waals surface area contributed by atoms with Crippen LogP contribution in [0.4, 0.5) is 0 Å². The molecule has 0 amide bonds. The summed E-state index contributed by atoms with van der Waals surface area (Å²) in [5, 5.41) is 0. The monoisotopic (exact) mass is 405 g/mol. The molecule has 6 nitrogen and oxygen atoms in total. The number of rotatable bonds is 19. The van der Waals surface area contributed by atoms with Crippen LogP contribution in [0.2, 0.25) is 6.04 Å². The average molecular weight is 406 g/mol. The topological polar surface area (TPSA) is 37.4 Å². The highest BCUT2D eigenvalue weighted by Crippen LogP contribution is 2.17. The zero-order valence-corrected chi connectivity index (χ0v) is 20.3. The first-order valence-corrected chi connectivity index (χ1v) is 12.9. The van der Waals surface area contributed by atoms with Crippen molar-refractivity contribution in [3.8, 4) is 0 Å². The molecule has 0 aromatic carbocycles. The third kappa shape index (κ3) is 12.9. The Morgan fingerprint density at radius 1 is 0.593 bits per heavy atom. The largest absolute Gasteiger partial charge is 0.502 e. The summed E-state index contributed by atoms with van der Waals surface area (Å²) in [6.45, 7) is 20.2. The van der Waals surface area contributed by atoms with E-state index in [0.717, 1.165) is 51.9 Å². The quantitative estimate of drug-likeness (QED) is 0.308. The van der Waals surface area contributed by atoms with Gasteiger partial charge in [0.15, 0.2) is 0 Å². The predicted octanol–water partition coefficient (Wildman–Crippen LogP) is 3.02. The van der Waals surface area contributed by atoms with Gasteiger partial charge in [-0.3, -0.25) is 0 Å². The van der Waals surface area contributed by atoms with Crippen LogP contribution in [0.5, 0.6) is 0 Å². The van der Waals surface area contributed by atoms with Gasteiger partial charge in [-0.15, -0.1) is 0 Å². The second-order valence-electron chi connectivity index (χ2n) is 7.07. The Kier molecular flexibility index (Phi) is 16.9. The second kappa shape index (κ2) is 16.9. The van der Waals surface area contributed by atoms with E-state index >= 15 is 0 Å². The van der Waals surface area contributed by atoms with E-state index in [9.17, 15) is 0 Å². The number of hydrogen-bond acceptors (Lipinski definition) is 6. The highest BCUT2D eigenvalue weighted by atomic mass is 28.4. The fourth-order valence-electron chi connectivity index (χ4n) is 3.08. The van der Waals surface area contributed by atoms with Gasteiger partial charge in [0.05, 0.1) is 0 Å². The molecule has 0 aliphatic carbocycles. The zero-order valence-electron chi connectivity index (χ0n) is 19.3. The van der Waals surface area contributed by atoms with Crippen LogP contribution < -0.4 is 0 Å². The molecule has 0 aliphatic rings. The van der Waals surface area contributed by atoms with Gasteiger partial charge in [0, 0.05) is 32.4 Å². The van der Waals surface area contributed by atoms with E-state index in [4.69, 9.17) is 13.3 Å². The summed E-state index contributed by atoms with van der Waals surface area (Å²) in [5.41, 5.74) is 0. The molecule has 7 heteroatoms. The van der Waals surface area contributed by atoms with Gasteiger partial charge in [-0.25, -0.2) is 0 Å². The molecule has 0 bridgehead atoms. The smallest absolute Gasteiger partial charge is 0.374 e. The first-order valence-electron chi connectivity index (χ1n) is 11.0. The molecule has 0 heterocycles. The molecule has 0 aromatic heterocycles. The molecule has 0 rings (SSSR count). The highest BCUT2D eigenvalue weighted by molar-refractivity contribution is 6.60. The molecule has 0 aliphatic heterocycles. The minimum Gasteiger partial charge on any atom is -0.374 e. The van der Waals surface area contributed by atoms with E-state index in [2.05, 4.69) is 42.6 Å². The summed E-state index contributed by atoms with van der Waals surface area (Å²) in [4.78, 5) is 7.33. The highest BCUT2D eigenvalue weighted by Gasteiger charge is 2.40. The van der Waals surface area contributed by atoms with Crippen molar-refractivity contribution in [3.05, 3.63) is 0 Å². The van der Waals surface area contributed by atoms with Crippen molar-refractivity contribution in [1.29, 1.82) is 0 Å². The lowest BCUT2D eigenvalue weighted by molar-refractivity contribution is 0.0677. The van der Waals surface area contributed by atoms with E-state index in [1.165, 1.54) is 12.8 Å². The maximum atomic E-state index is 6.03. The Labute approximate surface area is 170 Å². The molecular weight excluding hydrogens is 358 g/mol. The Balaban J connectivity index is 4.73. The van der Waals surface area contributed by atoms with E-state index in [-0.39, 0.29) is 0 Å². The second-order valence-corrected chi connectivity index (χ2v) is 9.80. The SMILES string of the molecule is CCO[Si](CCN(CCCN(C)CC)CCCN(C)CC)(OCC)OCC. The van der Waals surface area contributed by atoms with Crippen molar-refractivity contribution in [2.75, 3.05) is 79.7 Å². The van der Waals surface area contributed by atoms with E-state index in [0.29, 0.717) is 19.8 Å². The lowest BCUT2D eigenvalue weighted by Gasteiger charge is -2.31. The molecule has 0 spiro atoms. The van der Waals surface area contributed by atoms with Crippen molar-refractivity contribution >= 4 is 8.80 Å². The molecule has 0 radical (unpaired) electrons. The van der Waals surface area contributed by atoms with Gasteiger partial charge in [0.25, 0.3) is 0 Å². The lowest BCUT2D eigenvalue weighted by atomic mass is 10.3. The number of hydrogen-bond donors (Lipinski definition) is 0. The Morgan fingerprint density at radius 3 is 1.33 bits per heavy atom. The molecule has 0 aromatic rings. The summed E-state index contributed by atoms with van der Waals surface area (Å²) in [6, 6.07) is 0.871. The summed E-state index contributed by atoms with van der Waals surface area (Å²) >= 11 is 0. The standard InChI is InChI=1S/C20H47N3O3Si/c1-8-21(6)15-13-17-23(18-14-16-22(7)9-2)19-20-27(24-10-3,25-11-4)26-12-5/h8-20H2,1-7H3. The molecule has 0 fully saturated rings. The van der Waals surface area contributed by atoms with E-state index in [1.54, 1.807) is 0 Å². The maximum Gasteiger partial charge on any atom is 0.502 e. The van der Waals surface area contributed by atoms with Crippen LogP contribution in [0.1, 0.15) is 47.5 Å². The Bertz CT molecular complexity index is 305. The summed E-state index contributed by atoms with van der Waals surface area (Å²) in [6.07, 6.45) is 2.39. The molecule has 0 saturated heterocycles. The van der Waals surface area contributed by atoms with Crippen LogP contribution in [-0.2, 0) is 13.3 Å². The first-order chi connectivity index (χ1) is 13.0. The lowest BCUT2D eigenvalue weighted by Crippen LogP contribution is -2.48. The van der Waals surface area contributed by atoms with Crippen LogP contribution in [0.3, 0.4) is 0 Å². The number of nitrogens with zero attached hydrogens (tertiary/aromatic N) is 3. The third-order valence-electron chi connectivity index (χ3n) is 4.93. The Morgan fingerprint density at radius 2 is 1.00 bits per heavy atom. The predicted molar refractivity (Wildman–Crippen MR) is 117 cm³/mol. The first kappa shape index (κ1) is 27.0. The van der Waals surface area contributed by atoms with Gasteiger partial charge in [0.1, 0.15) is 0 Å². The van der Waals surface area contributed by atoms with Crippen LogP contribution in [0.15, 0.2) is 0 Å². The van der Waals surface area contributed by atoms with Crippen LogP contribution >= 0.6 is 0 Å².